The highest BCUT2D eigenvalue weighted by Gasteiger charge is 2.16. The van der Waals surface area contributed by atoms with Crippen molar-refractivity contribution < 1.29 is 19.6 Å². The lowest BCUT2D eigenvalue weighted by atomic mass is 10.1. The Hall–Kier alpha value is -3.75. The molecule has 0 unspecified atom stereocenters. The lowest BCUT2D eigenvalue weighted by Crippen LogP contribution is -2.39. The number of aromatic hydroxyl groups is 1. The minimum absolute atomic E-state index is 0.271. The van der Waals surface area contributed by atoms with Gasteiger partial charge in [-0.15, -0.1) is 0 Å². The van der Waals surface area contributed by atoms with Gasteiger partial charge in [0, 0.05) is 11.6 Å². The molecule has 0 aromatic heterocycles. The zero-order valence-corrected chi connectivity index (χ0v) is 13.7. The Bertz CT molecular complexity index is 851. The Morgan fingerprint density at radius 2 is 1.88 bits per heavy atom. The van der Waals surface area contributed by atoms with Gasteiger partial charge in [-0.3, -0.25) is 19.7 Å². The normalized spacial score (nSPS) is 11.7. The summed E-state index contributed by atoms with van der Waals surface area (Å²) in [4.78, 5) is 33.6. The summed E-state index contributed by atoms with van der Waals surface area (Å²) in [5.41, 5.74) is 2.66. The molecular formula is C17H16N4O5. The first-order valence-electron chi connectivity index (χ1n) is 7.54. The van der Waals surface area contributed by atoms with Crippen LogP contribution in [0.3, 0.4) is 0 Å². The van der Waals surface area contributed by atoms with E-state index in [1.54, 1.807) is 6.92 Å². The molecule has 2 aromatic rings. The number of hydrogen-bond acceptors (Lipinski definition) is 6. The number of nitro groups is 1. The van der Waals surface area contributed by atoms with Crippen molar-refractivity contribution in [3.8, 4) is 5.75 Å². The predicted molar refractivity (Wildman–Crippen MR) is 93.5 cm³/mol. The average Bonchev–Trinajstić information content (AvgIpc) is 2.63. The second kappa shape index (κ2) is 8.38. The van der Waals surface area contributed by atoms with Crippen molar-refractivity contribution in [3.63, 3.8) is 0 Å². The van der Waals surface area contributed by atoms with E-state index in [2.05, 4.69) is 10.4 Å². The van der Waals surface area contributed by atoms with Crippen LogP contribution in [-0.2, 0) is 9.59 Å². The summed E-state index contributed by atoms with van der Waals surface area (Å²) in [5.74, 6) is -2.32. The van der Waals surface area contributed by atoms with E-state index in [0.29, 0.717) is 0 Å². The number of phenolic OH excluding ortho intramolecular Hbond substituents is 1. The number of nitrogens with one attached hydrogen (secondary N) is 2. The van der Waals surface area contributed by atoms with E-state index in [4.69, 9.17) is 0 Å². The average molecular weight is 356 g/mol. The highest BCUT2D eigenvalue weighted by molar-refractivity contribution is 6.35. The maximum absolute atomic E-state index is 11.8. The molecule has 134 valence electrons. The van der Waals surface area contributed by atoms with Crippen LogP contribution in [0.1, 0.15) is 24.1 Å². The van der Waals surface area contributed by atoms with Crippen molar-refractivity contribution >= 4 is 23.7 Å². The highest BCUT2D eigenvalue weighted by atomic mass is 16.6. The SMILES string of the molecule is C[C@H](NC(=O)C(=O)N/N=C/c1ccc(O)c([N+](=O)[O-])c1)c1ccccc1. The molecule has 2 amide bonds. The second-order valence-electron chi connectivity index (χ2n) is 5.31. The number of phenols is 1. The molecule has 9 heteroatoms. The van der Waals surface area contributed by atoms with Gasteiger partial charge in [-0.1, -0.05) is 30.3 Å². The molecule has 26 heavy (non-hydrogen) atoms. The Morgan fingerprint density at radius 1 is 1.19 bits per heavy atom. The minimum atomic E-state index is -0.975. The van der Waals surface area contributed by atoms with Gasteiger partial charge in [-0.2, -0.15) is 5.10 Å². The van der Waals surface area contributed by atoms with Crippen LogP contribution < -0.4 is 10.7 Å². The highest BCUT2D eigenvalue weighted by Crippen LogP contribution is 2.25. The zero-order chi connectivity index (χ0) is 19.1. The Balaban J connectivity index is 1.93. The quantitative estimate of drug-likeness (QED) is 0.324. The molecular weight excluding hydrogens is 340 g/mol. The van der Waals surface area contributed by atoms with Crippen molar-refractivity contribution in [1.82, 2.24) is 10.7 Å². The van der Waals surface area contributed by atoms with Crippen LogP contribution in [0.4, 0.5) is 5.69 Å². The third kappa shape index (κ3) is 4.87. The predicted octanol–water partition coefficient (Wildman–Crippen LogP) is 1.63. The zero-order valence-electron chi connectivity index (χ0n) is 13.7. The van der Waals surface area contributed by atoms with Gasteiger partial charge in [0.15, 0.2) is 5.75 Å². The van der Waals surface area contributed by atoms with Crippen molar-refractivity contribution in [1.29, 1.82) is 0 Å². The van der Waals surface area contributed by atoms with E-state index >= 15 is 0 Å². The largest absolute Gasteiger partial charge is 0.502 e. The molecule has 0 spiro atoms. The third-order valence-corrected chi connectivity index (χ3v) is 3.43. The first-order chi connectivity index (χ1) is 12.4. The summed E-state index contributed by atoms with van der Waals surface area (Å²) in [7, 11) is 0. The van der Waals surface area contributed by atoms with Crippen LogP contribution in [0.2, 0.25) is 0 Å². The van der Waals surface area contributed by atoms with Crippen LogP contribution in [0, 0.1) is 10.1 Å². The number of hydrazone groups is 1. The first-order valence-corrected chi connectivity index (χ1v) is 7.54. The van der Waals surface area contributed by atoms with Crippen molar-refractivity contribution in [3.05, 3.63) is 69.8 Å². The molecule has 0 saturated heterocycles. The monoisotopic (exact) mass is 356 g/mol. The maximum Gasteiger partial charge on any atom is 0.329 e. The van der Waals surface area contributed by atoms with E-state index < -0.39 is 28.2 Å². The molecule has 9 nitrogen and oxygen atoms in total. The fraction of sp³-hybridized carbons (Fsp3) is 0.118. The van der Waals surface area contributed by atoms with Crippen LogP contribution in [-0.4, -0.2) is 28.1 Å². The number of rotatable bonds is 5. The summed E-state index contributed by atoms with van der Waals surface area (Å²) < 4.78 is 0. The van der Waals surface area contributed by atoms with Gasteiger partial charge in [-0.05, 0) is 24.6 Å². The van der Waals surface area contributed by atoms with Gasteiger partial charge in [0.2, 0.25) is 0 Å². The number of carbonyl (C=O) groups is 2. The van der Waals surface area contributed by atoms with Gasteiger partial charge >= 0.3 is 17.5 Å². The van der Waals surface area contributed by atoms with Crippen LogP contribution in [0.15, 0.2) is 53.6 Å². The molecule has 0 radical (unpaired) electrons. The van der Waals surface area contributed by atoms with E-state index in [9.17, 15) is 24.8 Å². The Labute approximate surface area is 148 Å². The minimum Gasteiger partial charge on any atom is -0.502 e. The van der Waals surface area contributed by atoms with Gasteiger partial charge in [0.1, 0.15) is 0 Å². The summed E-state index contributed by atoms with van der Waals surface area (Å²) in [6, 6.07) is 12.3. The van der Waals surface area contributed by atoms with E-state index in [1.807, 2.05) is 35.8 Å². The fourth-order valence-electron chi connectivity index (χ4n) is 2.07. The van der Waals surface area contributed by atoms with Gasteiger partial charge in [0.05, 0.1) is 17.2 Å². The molecule has 3 N–H and O–H groups in total. The van der Waals surface area contributed by atoms with Crippen molar-refractivity contribution in [2.45, 2.75) is 13.0 Å². The number of nitrogens with zero attached hydrogens (tertiary/aromatic N) is 2. The molecule has 0 bridgehead atoms. The number of carbonyl (C=O) groups excluding carboxylic acids is 2. The van der Waals surface area contributed by atoms with Crippen molar-refractivity contribution in [2.75, 3.05) is 0 Å². The lowest BCUT2D eigenvalue weighted by molar-refractivity contribution is -0.385. The van der Waals surface area contributed by atoms with Gasteiger partial charge in [-0.25, -0.2) is 5.43 Å². The number of nitro benzene ring substituents is 1. The van der Waals surface area contributed by atoms with Crippen LogP contribution in [0.5, 0.6) is 5.75 Å². The first kappa shape index (κ1) is 18.6. The van der Waals surface area contributed by atoms with E-state index in [0.717, 1.165) is 23.9 Å². The lowest BCUT2D eigenvalue weighted by Gasteiger charge is -2.13. The van der Waals surface area contributed by atoms with E-state index in [1.165, 1.54) is 6.07 Å². The van der Waals surface area contributed by atoms with Gasteiger partial charge < -0.3 is 10.4 Å². The van der Waals surface area contributed by atoms with Crippen LogP contribution >= 0.6 is 0 Å². The molecule has 0 heterocycles. The number of benzene rings is 2. The topological polar surface area (TPSA) is 134 Å². The Morgan fingerprint density at radius 3 is 2.54 bits per heavy atom. The number of amides is 2. The standard InChI is InChI=1S/C17H16N4O5/c1-11(13-5-3-2-4-6-13)19-16(23)17(24)20-18-10-12-7-8-15(22)14(9-12)21(25)26/h2-11,22H,1H3,(H,19,23)(H,20,24)/b18-10+/t11-/m0/s1. The molecule has 0 aliphatic rings. The van der Waals surface area contributed by atoms with Gasteiger partial charge in [0.25, 0.3) is 0 Å². The molecule has 0 fully saturated rings. The molecule has 0 aliphatic heterocycles. The molecule has 0 aliphatic carbocycles. The summed E-state index contributed by atoms with van der Waals surface area (Å²) in [6.45, 7) is 1.74. The number of hydrogen-bond donors (Lipinski definition) is 3. The fourth-order valence-corrected chi connectivity index (χ4v) is 2.07. The molecule has 1 atom stereocenters. The summed E-state index contributed by atoms with van der Waals surface area (Å²) in [6.07, 6.45) is 1.12. The summed E-state index contributed by atoms with van der Waals surface area (Å²) in [5, 5.41) is 26.2. The van der Waals surface area contributed by atoms with Crippen LogP contribution in [0.25, 0.3) is 0 Å². The third-order valence-electron chi connectivity index (χ3n) is 3.43. The second-order valence-corrected chi connectivity index (χ2v) is 5.31. The van der Waals surface area contributed by atoms with Crippen molar-refractivity contribution in [2.24, 2.45) is 5.10 Å². The maximum atomic E-state index is 11.8. The molecule has 2 aromatic carbocycles. The summed E-state index contributed by atoms with van der Waals surface area (Å²) >= 11 is 0. The smallest absolute Gasteiger partial charge is 0.329 e. The molecule has 2 rings (SSSR count). The molecule has 0 saturated carbocycles. The Kier molecular flexibility index (Phi) is 5.99. The van der Waals surface area contributed by atoms with E-state index in [-0.39, 0.29) is 11.6 Å².